The monoisotopic (exact) mass is 218 g/mol. The predicted octanol–water partition coefficient (Wildman–Crippen LogP) is 2.21. The fraction of sp³-hybridized carbons (Fsp3) is 0.571. The molecule has 2 unspecified atom stereocenters. The van der Waals surface area contributed by atoms with Crippen molar-refractivity contribution < 1.29 is 0 Å². The quantitative estimate of drug-likeness (QED) is 0.837. The smallest absolute Gasteiger partial charge is 0.0382 e. The summed E-state index contributed by atoms with van der Waals surface area (Å²) in [6, 6.07) is 9.54. The van der Waals surface area contributed by atoms with Crippen LogP contribution < -0.4 is 5.32 Å². The van der Waals surface area contributed by atoms with Crippen LogP contribution in [0.5, 0.6) is 0 Å². The van der Waals surface area contributed by atoms with Crippen LogP contribution in [0, 0.1) is 12.8 Å². The van der Waals surface area contributed by atoms with Crippen LogP contribution in [0.25, 0.3) is 0 Å². The fourth-order valence-corrected chi connectivity index (χ4v) is 2.70. The van der Waals surface area contributed by atoms with E-state index in [1.165, 1.54) is 24.1 Å². The molecule has 2 rings (SSSR count). The van der Waals surface area contributed by atoms with E-state index in [4.69, 9.17) is 0 Å². The van der Waals surface area contributed by atoms with Gasteiger partial charge in [0.15, 0.2) is 0 Å². The highest BCUT2D eigenvalue weighted by atomic mass is 15.1. The van der Waals surface area contributed by atoms with Gasteiger partial charge < -0.3 is 10.2 Å². The summed E-state index contributed by atoms with van der Waals surface area (Å²) in [5.41, 5.74) is 2.79. The Balaban J connectivity index is 2.21. The standard InChI is InChI=1S/C14H22N2/c1-11-4-6-12(7-5-11)14(16(2)3)13-8-9-15-10-13/h4-7,13-15H,8-10H2,1-3H3. The number of nitrogens with one attached hydrogen (secondary N) is 1. The first-order valence-electron chi connectivity index (χ1n) is 6.12. The van der Waals surface area contributed by atoms with Crippen molar-refractivity contribution in [1.29, 1.82) is 0 Å². The average molecular weight is 218 g/mol. The molecule has 1 heterocycles. The van der Waals surface area contributed by atoms with Gasteiger partial charge in [-0.15, -0.1) is 0 Å². The van der Waals surface area contributed by atoms with Crippen LogP contribution in [-0.2, 0) is 0 Å². The number of hydrogen-bond acceptors (Lipinski definition) is 2. The first-order chi connectivity index (χ1) is 7.68. The number of rotatable bonds is 3. The molecule has 1 aromatic rings. The SMILES string of the molecule is Cc1ccc(C(C2CCNC2)N(C)C)cc1. The molecule has 88 valence electrons. The van der Waals surface area contributed by atoms with Gasteiger partial charge in [0.1, 0.15) is 0 Å². The summed E-state index contributed by atoms with van der Waals surface area (Å²) in [5.74, 6) is 0.748. The average Bonchev–Trinajstić information content (AvgIpc) is 2.74. The van der Waals surface area contributed by atoms with Crippen molar-refractivity contribution in [1.82, 2.24) is 10.2 Å². The van der Waals surface area contributed by atoms with Gasteiger partial charge in [-0.2, -0.15) is 0 Å². The van der Waals surface area contributed by atoms with Gasteiger partial charge in [-0.25, -0.2) is 0 Å². The number of aryl methyl sites for hydroxylation is 1. The van der Waals surface area contributed by atoms with Crippen LogP contribution in [0.15, 0.2) is 24.3 Å². The van der Waals surface area contributed by atoms with E-state index in [1.807, 2.05) is 0 Å². The van der Waals surface area contributed by atoms with Gasteiger partial charge in [-0.05, 0) is 52.0 Å². The van der Waals surface area contributed by atoms with E-state index in [-0.39, 0.29) is 0 Å². The van der Waals surface area contributed by atoms with Gasteiger partial charge in [0.2, 0.25) is 0 Å². The van der Waals surface area contributed by atoms with Gasteiger partial charge in [0, 0.05) is 6.04 Å². The third-order valence-corrected chi connectivity index (χ3v) is 3.52. The molecule has 1 N–H and O–H groups in total. The van der Waals surface area contributed by atoms with Crippen molar-refractivity contribution in [3.63, 3.8) is 0 Å². The molecule has 2 atom stereocenters. The second-order valence-electron chi connectivity index (χ2n) is 5.07. The highest BCUT2D eigenvalue weighted by Crippen LogP contribution is 2.30. The minimum Gasteiger partial charge on any atom is -0.316 e. The van der Waals surface area contributed by atoms with Crippen LogP contribution in [-0.4, -0.2) is 32.1 Å². The lowest BCUT2D eigenvalue weighted by molar-refractivity contribution is 0.223. The highest BCUT2D eigenvalue weighted by molar-refractivity contribution is 5.25. The second-order valence-corrected chi connectivity index (χ2v) is 5.07. The Hall–Kier alpha value is -0.860. The molecule has 0 saturated carbocycles. The first kappa shape index (κ1) is 11.6. The normalized spacial score (nSPS) is 22.6. The van der Waals surface area contributed by atoms with Crippen LogP contribution in [0.3, 0.4) is 0 Å². The van der Waals surface area contributed by atoms with E-state index < -0.39 is 0 Å². The largest absolute Gasteiger partial charge is 0.316 e. The molecule has 2 heteroatoms. The van der Waals surface area contributed by atoms with Crippen LogP contribution in [0.1, 0.15) is 23.6 Å². The molecule has 0 spiro atoms. The fourth-order valence-electron chi connectivity index (χ4n) is 2.70. The van der Waals surface area contributed by atoms with E-state index in [0.717, 1.165) is 12.5 Å². The first-order valence-corrected chi connectivity index (χ1v) is 6.12. The van der Waals surface area contributed by atoms with Gasteiger partial charge >= 0.3 is 0 Å². The Morgan fingerprint density at radius 3 is 2.44 bits per heavy atom. The molecular weight excluding hydrogens is 196 g/mol. The summed E-state index contributed by atoms with van der Waals surface area (Å²) in [6.45, 7) is 4.46. The van der Waals surface area contributed by atoms with Crippen molar-refractivity contribution in [2.45, 2.75) is 19.4 Å². The molecule has 2 nitrogen and oxygen atoms in total. The molecule has 0 amide bonds. The molecule has 0 aliphatic carbocycles. The molecule has 16 heavy (non-hydrogen) atoms. The lowest BCUT2D eigenvalue weighted by Crippen LogP contribution is -2.28. The Morgan fingerprint density at radius 2 is 1.94 bits per heavy atom. The Kier molecular flexibility index (Phi) is 3.62. The second kappa shape index (κ2) is 4.98. The van der Waals surface area contributed by atoms with Crippen molar-refractivity contribution >= 4 is 0 Å². The predicted molar refractivity (Wildman–Crippen MR) is 68.6 cm³/mol. The summed E-state index contributed by atoms with van der Waals surface area (Å²) in [6.07, 6.45) is 1.29. The van der Waals surface area contributed by atoms with E-state index in [2.05, 4.69) is 55.5 Å². The molecule has 1 aromatic carbocycles. The molecule has 0 bridgehead atoms. The van der Waals surface area contributed by atoms with Crippen molar-refractivity contribution in [2.75, 3.05) is 27.2 Å². The maximum absolute atomic E-state index is 3.46. The lowest BCUT2D eigenvalue weighted by atomic mass is 9.91. The Labute approximate surface area is 98.7 Å². The third kappa shape index (κ3) is 2.45. The van der Waals surface area contributed by atoms with E-state index in [0.29, 0.717) is 6.04 Å². The number of hydrogen-bond donors (Lipinski definition) is 1. The minimum absolute atomic E-state index is 0.551. The van der Waals surface area contributed by atoms with E-state index in [1.54, 1.807) is 0 Å². The van der Waals surface area contributed by atoms with Crippen molar-refractivity contribution in [3.8, 4) is 0 Å². The summed E-state index contributed by atoms with van der Waals surface area (Å²) < 4.78 is 0. The molecule has 1 aliphatic rings. The zero-order valence-corrected chi connectivity index (χ0v) is 10.5. The molecule has 0 aromatic heterocycles. The summed E-state index contributed by atoms with van der Waals surface area (Å²) in [4.78, 5) is 2.35. The maximum Gasteiger partial charge on any atom is 0.0382 e. The minimum atomic E-state index is 0.551. The van der Waals surface area contributed by atoms with Crippen molar-refractivity contribution in [2.24, 2.45) is 5.92 Å². The van der Waals surface area contributed by atoms with Gasteiger partial charge in [0.05, 0.1) is 0 Å². The number of benzene rings is 1. The third-order valence-electron chi connectivity index (χ3n) is 3.52. The highest BCUT2D eigenvalue weighted by Gasteiger charge is 2.27. The van der Waals surface area contributed by atoms with Crippen molar-refractivity contribution in [3.05, 3.63) is 35.4 Å². The topological polar surface area (TPSA) is 15.3 Å². The summed E-state index contributed by atoms with van der Waals surface area (Å²) in [5, 5.41) is 3.46. The van der Waals surface area contributed by atoms with E-state index >= 15 is 0 Å². The number of nitrogens with zero attached hydrogens (tertiary/aromatic N) is 1. The zero-order valence-electron chi connectivity index (χ0n) is 10.5. The molecular formula is C14H22N2. The molecule has 1 aliphatic heterocycles. The van der Waals surface area contributed by atoms with E-state index in [9.17, 15) is 0 Å². The summed E-state index contributed by atoms with van der Waals surface area (Å²) in [7, 11) is 4.37. The maximum atomic E-state index is 3.46. The van der Waals surface area contributed by atoms with Crippen LogP contribution >= 0.6 is 0 Å². The van der Waals surface area contributed by atoms with Gasteiger partial charge in [-0.1, -0.05) is 29.8 Å². The van der Waals surface area contributed by atoms with Gasteiger partial charge in [0.25, 0.3) is 0 Å². The van der Waals surface area contributed by atoms with Crippen LogP contribution in [0.2, 0.25) is 0 Å². The molecule has 1 fully saturated rings. The van der Waals surface area contributed by atoms with Gasteiger partial charge in [-0.3, -0.25) is 0 Å². The zero-order chi connectivity index (χ0) is 11.5. The molecule has 1 saturated heterocycles. The Bertz CT molecular complexity index is 323. The van der Waals surface area contributed by atoms with Crippen LogP contribution in [0.4, 0.5) is 0 Å². The lowest BCUT2D eigenvalue weighted by Gasteiger charge is -2.30. The molecule has 0 radical (unpaired) electrons. The Morgan fingerprint density at radius 1 is 1.25 bits per heavy atom. The summed E-state index contributed by atoms with van der Waals surface area (Å²) >= 11 is 0.